The number of H-pyrrole nitrogens is 1. The molecule has 1 amide bonds. The number of nitrogens with one attached hydrogen (secondary N) is 2. The van der Waals surface area contributed by atoms with E-state index in [0.717, 1.165) is 4.57 Å². The zero-order valence-electron chi connectivity index (χ0n) is 16.0. The van der Waals surface area contributed by atoms with Gasteiger partial charge in [-0.15, -0.1) is 0 Å². The van der Waals surface area contributed by atoms with E-state index in [9.17, 15) is 14.0 Å². The van der Waals surface area contributed by atoms with Gasteiger partial charge in [-0.05, 0) is 6.92 Å². The minimum absolute atomic E-state index is 0.00926. The Morgan fingerprint density at radius 3 is 2.46 bits per heavy atom. The molecule has 26 heavy (non-hydrogen) atoms. The van der Waals surface area contributed by atoms with E-state index in [0.29, 0.717) is 0 Å². The quantitative estimate of drug-likeness (QED) is 0.733. The van der Waals surface area contributed by atoms with Crippen LogP contribution >= 0.6 is 0 Å². The highest BCUT2D eigenvalue weighted by atomic mass is 19.1. The molecule has 0 fully saturated rings. The third-order valence-corrected chi connectivity index (χ3v) is 3.03. The van der Waals surface area contributed by atoms with Crippen molar-refractivity contribution in [2.75, 3.05) is 19.0 Å². The number of methoxy groups -OCH3 is 1. The smallest absolute Gasteiger partial charge is 0.280 e. The normalized spacial score (nSPS) is 11.3. The van der Waals surface area contributed by atoms with Crippen molar-refractivity contribution in [1.29, 1.82) is 0 Å². The van der Waals surface area contributed by atoms with E-state index in [-0.39, 0.29) is 41.6 Å². The second-order valence-corrected chi connectivity index (χ2v) is 5.29. The number of hydrogen-bond donors (Lipinski definition) is 3. The average Bonchev–Trinajstić information content (AvgIpc) is 3.06. The topological polar surface area (TPSA) is 122 Å². The zero-order valence-corrected chi connectivity index (χ0v) is 16.0. The summed E-state index contributed by atoms with van der Waals surface area (Å²) in [5.41, 5.74) is -0.387. The number of rotatable bonds is 5. The third kappa shape index (κ3) is 6.89. The van der Waals surface area contributed by atoms with Crippen LogP contribution < -0.4 is 10.9 Å². The van der Waals surface area contributed by atoms with E-state index in [1.165, 1.54) is 6.33 Å². The number of aromatic nitrogens is 4. The Balaban J connectivity index is 0.000000667. The van der Waals surface area contributed by atoms with Crippen molar-refractivity contribution < 1.29 is 19.0 Å². The molecule has 0 saturated carbocycles. The van der Waals surface area contributed by atoms with Crippen molar-refractivity contribution in [2.24, 2.45) is 5.92 Å². The lowest BCUT2D eigenvalue weighted by Crippen LogP contribution is -2.22. The molecule has 0 spiro atoms. The van der Waals surface area contributed by atoms with Crippen LogP contribution in [0.2, 0.25) is 0 Å². The molecule has 0 aliphatic rings. The Labute approximate surface area is 151 Å². The van der Waals surface area contributed by atoms with Crippen LogP contribution in [0.1, 0.15) is 34.6 Å². The number of ether oxygens (including phenoxy) is 1. The summed E-state index contributed by atoms with van der Waals surface area (Å²) in [4.78, 5) is 33.2. The number of fused-ring (bicyclic) bond motifs is 1. The van der Waals surface area contributed by atoms with Gasteiger partial charge in [0, 0.05) is 13.0 Å². The Morgan fingerprint density at radius 2 is 2.04 bits per heavy atom. The van der Waals surface area contributed by atoms with E-state index in [2.05, 4.69) is 25.0 Å². The molecule has 0 saturated heterocycles. The molecule has 2 heterocycles. The van der Waals surface area contributed by atoms with Gasteiger partial charge in [-0.1, -0.05) is 27.7 Å². The van der Waals surface area contributed by atoms with Gasteiger partial charge in [-0.3, -0.25) is 24.5 Å². The van der Waals surface area contributed by atoms with Gasteiger partial charge in [0.15, 0.2) is 18.0 Å². The number of imidazole rings is 1. The maximum Gasteiger partial charge on any atom is 0.280 e. The molecule has 0 aromatic carbocycles. The molecule has 2 aromatic heterocycles. The first-order valence-electron chi connectivity index (χ1n) is 8.29. The fourth-order valence-electron chi connectivity index (χ4n) is 1.44. The summed E-state index contributed by atoms with van der Waals surface area (Å²) >= 11 is 0. The number of aliphatic hydroxyl groups excluding tert-OH is 1. The Morgan fingerprint density at radius 1 is 1.42 bits per heavy atom. The second-order valence-electron chi connectivity index (χ2n) is 5.29. The second kappa shape index (κ2) is 12.1. The zero-order chi connectivity index (χ0) is 20.3. The predicted octanol–water partition coefficient (Wildman–Crippen LogP) is 1.68. The Bertz CT molecular complexity index is 725. The monoisotopic (exact) mass is 373 g/mol. The van der Waals surface area contributed by atoms with Crippen LogP contribution in [-0.2, 0) is 16.3 Å². The number of aliphatic hydroxyl groups is 1. The summed E-state index contributed by atoms with van der Waals surface area (Å²) < 4.78 is 18.4. The van der Waals surface area contributed by atoms with Crippen LogP contribution in [0.25, 0.3) is 11.2 Å². The number of amides is 1. The molecule has 0 bridgehead atoms. The molecule has 0 aliphatic carbocycles. The summed E-state index contributed by atoms with van der Waals surface area (Å²) in [6, 6.07) is 0. The SMILES string of the molecule is CC.CC(C)C(=O)Nc1nc2c(ncn2CF)c(=O)[nH]1.COC(C)CO. The van der Waals surface area contributed by atoms with Gasteiger partial charge < -0.3 is 9.84 Å². The number of alkyl halides is 1. The van der Waals surface area contributed by atoms with Crippen LogP contribution in [0.5, 0.6) is 0 Å². The van der Waals surface area contributed by atoms with Gasteiger partial charge >= 0.3 is 0 Å². The summed E-state index contributed by atoms with van der Waals surface area (Å²) in [6.45, 7) is 8.48. The van der Waals surface area contributed by atoms with Crippen molar-refractivity contribution in [3.63, 3.8) is 0 Å². The van der Waals surface area contributed by atoms with Gasteiger partial charge in [-0.25, -0.2) is 9.37 Å². The molecule has 1 unspecified atom stereocenters. The lowest BCUT2D eigenvalue weighted by molar-refractivity contribution is -0.118. The molecular weight excluding hydrogens is 345 g/mol. The van der Waals surface area contributed by atoms with E-state index in [1.54, 1.807) is 27.9 Å². The highest BCUT2D eigenvalue weighted by Crippen LogP contribution is 2.08. The summed E-state index contributed by atoms with van der Waals surface area (Å²) in [5, 5.41) is 10.7. The van der Waals surface area contributed by atoms with E-state index in [1.807, 2.05) is 13.8 Å². The maximum absolute atomic E-state index is 12.6. The summed E-state index contributed by atoms with van der Waals surface area (Å²) in [6.07, 6.45) is 1.17. The first kappa shape index (κ1) is 23.7. The Hall–Kier alpha value is -2.33. The number of anilines is 1. The fourth-order valence-corrected chi connectivity index (χ4v) is 1.44. The van der Waals surface area contributed by atoms with Gasteiger partial charge in [0.2, 0.25) is 11.9 Å². The standard InChI is InChI=1S/C10H12FN5O2.C4H10O2.C2H6/c1-5(2)8(17)14-10-13-7-6(9(18)15-10)12-4-16(7)3-11;1-4(3-5)6-2;1-2/h4-5H,3H2,1-2H3,(H2,13,14,15,17,18);4-5H,3H2,1-2H3;1-2H3. The first-order valence-corrected chi connectivity index (χ1v) is 8.29. The summed E-state index contributed by atoms with van der Waals surface area (Å²) in [7, 11) is 1.57. The molecule has 3 N–H and O–H groups in total. The predicted molar refractivity (Wildman–Crippen MR) is 97.6 cm³/mol. The number of hydrogen-bond acceptors (Lipinski definition) is 6. The van der Waals surface area contributed by atoms with Gasteiger partial charge in [0.05, 0.1) is 19.0 Å². The van der Waals surface area contributed by atoms with Crippen molar-refractivity contribution in [3.05, 3.63) is 16.7 Å². The van der Waals surface area contributed by atoms with Crippen LogP contribution in [-0.4, -0.2) is 50.4 Å². The third-order valence-electron chi connectivity index (χ3n) is 3.03. The van der Waals surface area contributed by atoms with Crippen molar-refractivity contribution >= 4 is 23.0 Å². The van der Waals surface area contributed by atoms with E-state index in [4.69, 9.17) is 5.11 Å². The molecule has 1 atom stereocenters. The minimum atomic E-state index is -0.843. The number of carbonyl (C=O) groups excluding carboxylic acids is 1. The van der Waals surface area contributed by atoms with Crippen LogP contribution in [0.4, 0.5) is 10.3 Å². The highest BCUT2D eigenvalue weighted by molar-refractivity contribution is 5.90. The minimum Gasteiger partial charge on any atom is -0.394 e. The molecule has 0 radical (unpaired) electrons. The maximum atomic E-state index is 12.6. The van der Waals surface area contributed by atoms with E-state index >= 15 is 0 Å². The Kier molecular flexibility index (Phi) is 11.0. The van der Waals surface area contributed by atoms with Gasteiger partial charge in [0.25, 0.3) is 5.56 Å². The van der Waals surface area contributed by atoms with Crippen molar-refractivity contribution in [2.45, 2.75) is 47.5 Å². The molecule has 2 rings (SSSR count). The van der Waals surface area contributed by atoms with Crippen LogP contribution in [0, 0.1) is 5.92 Å². The largest absolute Gasteiger partial charge is 0.394 e. The average molecular weight is 373 g/mol. The van der Waals surface area contributed by atoms with E-state index < -0.39 is 12.4 Å². The molecule has 148 valence electrons. The summed E-state index contributed by atoms with van der Waals surface area (Å²) in [5.74, 6) is -0.553. The number of aromatic amines is 1. The van der Waals surface area contributed by atoms with Crippen LogP contribution in [0.3, 0.4) is 0 Å². The molecule has 2 aromatic rings. The molecular formula is C16H28FN5O4. The number of carbonyl (C=O) groups is 1. The first-order chi connectivity index (χ1) is 12.3. The number of halogens is 1. The lowest BCUT2D eigenvalue weighted by Gasteiger charge is -2.06. The lowest BCUT2D eigenvalue weighted by atomic mass is 10.2. The molecule has 9 nitrogen and oxygen atoms in total. The molecule has 10 heteroatoms. The highest BCUT2D eigenvalue weighted by Gasteiger charge is 2.13. The van der Waals surface area contributed by atoms with Crippen LogP contribution in [0.15, 0.2) is 11.1 Å². The van der Waals surface area contributed by atoms with Crippen molar-refractivity contribution in [1.82, 2.24) is 19.5 Å². The number of nitrogens with zero attached hydrogens (tertiary/aromatic N) is 3. The molecule has 0 aliphatic heterocycles. The van der Waals surface area contributed by atoms with Gasteiger partial charge in [0.1, 0.15) is 0 Å². The van der Waals surface area contributed by atoms with Gasteiger partial charge in [-0.2, -0.15) is 4.98 Å². The fraction of sp³-hybridized carbons (Fsp3) is 0.625. The van der Waals surface area contributed by atoms with Crippen molar-refractivity contribution in [3.8, 4) is 0 Å².